The zero-order valence-corrected chi connectivity index (χ0v) is 21.7. The molecule has 1 aromatic rings. The Morgan fingerprint density at radius 2 is 1.94 bits per heavy atom. The molecular formula is C24H32N4O4S2. The molecule has 0 spiro atoms. The van der Waals surface area contributed by atoms with Gasteiger partial charge in [-0.3, -0.25) is 19.1 Å². The molecule has 0 aromatic carbocycles. The van der Waals surface area contributed by atoms with E-state index >= 15 is 0 Å². The van der Waals surface area contributed by atoms with Crippen LogP contribution in [0.4, 0.5) is 5.82 Å². The Bertz CT molecular complexity index is 1050. The van der Waals surface area contributed by atoms with Crippen molar-refractivity contribution in [2.24, 2.45) is 0 Å². The number of morpholine rings is 1. The van der Waals surface area contributed by atoms with Gasteiger partial charge in [0.15, 0.2) is 0 Å². The van der Waals surface area contributed by atoms with Crippen LogP contribution in [0.1, 0.15) is 49.8 Å². The number of rotatable bonds is 10. The molecule has 0 N–H and O–H groups in total. The van der Waals surface area contributed by atoms with Gasteiger partial charge >= 0.3 is 0 Å². The van der Waals surface area contributed by atoms with E-state index in [2.05, 4.69) is 17.9 Å². The molecule has 0 saturated carbocycles. The second-order valence-corrected chi connectivity index (χ2v) is 9.82. The minimum absolute atomic E-state index is 0.117. The van der Waals surface area contributed by atoms with Gasteiger partial charge < -0.3 is 14.4 Å². The van der Waals surface area contributed by atoms with Crippen LogP contribution in [-0.2, 0) is 20.8 Å². The van der Waals surface area contributed by atoms with Gasteiger partial charge in [0, 0.05) is 45.0 Å². The second-order valence-electron chi connectivity index (χ2n) is 8.14. The molecule has 8 nitrogen and oxygen atoms in total. The summed E-state index contributed by atoms with van der Waals surface area (Å²) >= 11 is 6.74. The molecule has 3 heterocycles. The normalized spacial score (nSPS) is 17.6. The molecule has 2 aliphatic heterocycles. The number of nitrogens with zero attached hydrogens (tertiary/aromatic N) is 4. The van der Waals surface area contributed by atoms with Crippen molar-refractivity contribution in [1.82, 2.24) is 9.47 Å². The quantitative estimate of drug-likeness (QED) is 0.273. The molecule has 0 bridgehead atoms. The maximum absolute atomic E-state index is 13.3. The molecule has 0 atom stereocenters. The van der Waals surface area contributed by atoms with E-state index in [1.165, 1.54) is 11.8 Å². The predicted octanol–water partition coefficient (Wildman–Crippen LogP) is 3.29. The number of hydrogen-bond donors (Lipinski definition) is 0. The van der Waals surface area contributed by atoms with Crippen molar-refractivity contribution in [2.75, 3.05) is 51.0 Å². The third-order valence-electron chi connectivity index (χ3n) is 5.92. The summed E-state index contributed by atoms with van der Waals surface area (Å²) in [7, 11) is 0. The second kappa shape index (κ2) is 12.5. The fraction of sp³-hybridized carbons (Fsp3) is 0.583. The lowest BCUT2D eigenvalue weighted by Gasteiger charge is -2.33. The maximum Gasteiger partial charge on any atom is 0.270 e. The molecule has 10 heteroatoms. The largest absolute Gasteiger partial charge is 0.382 e. The Kier molecular flexibility index (Phi) is 9.71. The van der Waals surface area contributed by atoms with Crippen LogP contribution in [0.5, 0.6) is 0 Å². The van der Waals surface area contributed by atoms with E-state index in [0.717, 1.165) is 24.2 Å². The smallest absolute Gasteiger partial charge is 0.270 e. The summed E-state index contributed by atoms with van der Waals surface area (Å²) in [5, 5.41) is 9.78. The van der Waals surface area contributed by atoms with Crippen molar-refractivity contribution in [2.45, 2.75) is 46.6 Å². The van der Waals surface area contributed by atoms with Crippen LogP contribution < -0.4 is 10.5 Å². The summed E-state index contributed by atoms with van der Waals surface area (Å²) in [4.78, 5) is 30.7. The van der Waals surface area contributed by atoms with Crippen LogP contribution in [0, 0.1) is 18.3 Å². The van der Waals surface area contributed by atoms with Gasteiger partial charge in [-0.05, 0) is 38.3 Å². The van der Waals surface area contributed by atoms with E-state index in [1.54, 1.807) is 16.4 Å². The average molecular weight is 505 g/mol. The standard InChI is InChI=1S/C24H32N4O4S2/c1-4-6-8-27-21(26-10-13-32-14-11-26)18(17(3)19(16-25)22(27)29)15-20-23(30)28(24(33)34-20)9-7-12-31-5-2/h15H,4-14H2,1-3H3/b20-15-. The molecule has 3 rings (SSSR count). The highest BCUT2D eigenvalue weighted by atomic mass is 32.2. The number of anilines is 1. The van der Waals surface area contributed by atoms with Crippen molar-refractivity contribution >= 4 is 46.1 Å². The first-order valence-electron chi connectivity index (χ1n) is 11.8. The van der Waals surface area contributed by atoms with Crippen LogP contribution in [0.2, 0.25) is 0 Å². The number of carbonyl (C=O) groups is 1. The number of carbonyl (C=O) groups excluding carboxylic acids is 1. The number of amides is 1. The molecule has 2 aliphatic rings. The van der Waals surface area contributed by atoms with Gasteiger partial charge in [0.05, 0.1) is 18.1 Å². The summed E-state index contributed by atoms with van der Waals surface area (Å²) < 4.78 is 13.1. The van der Waals surface area contributed by atoms with Crippen LogP contribution in [0.25, 0.3) is 6.08 Å². The van der Waals surface area contributed by atoms with Gasteiger partial charge in [0.1, 0.15) is 21.8 Å². The Morgan fingerprint density at radius 1 is 1.21 bits per heavy atom. The molecule has 0 unspecified atom stereocenters. The Hall–Kier alpha value is -2.19. The van der Waals surface area contributed by atoms with E-state index in [4.69, 9.17) is 21.7 Å². The lowest BCUT2D eigenvalue weighted by atomic mass is 10.0. The molecule has 2 fully saturated rings. The first-order valence-corrected chi connectivity index (χ1v) is 13.0. The van der Waals surface area contributed by atoms with E-state index < -0.39 is 0 Å². The average Bonchev–Trinajstić information content (AvgIpc) is 3.10. The number of nitriles is 1. The predicted molar refractivity (Wildman–Crippen MR) is 139 cm³/mol. The molecule has 1 aromatic heterocycles. The van der Waals surface area contributed by atoms with Crippen molar-refractivity contribution < 1.29 is 14.3 Å². The molecule has 0 radical (unpaired) electrons. The van der Waals surface area contributed by atoms with Gasteiger partial charge in [-0.1, -0.05) is 37.3 Å². The van der Waals surface area contributed by atoms with Crippen molar-refractivity contribution in [3.8, 4) is 6.07 Å². The number of aromatic nitrogens is 1. The Labute approximate surface area is 210 Å². The van der Waals surface area contributed by atoms with Gasteiger partial charge in [-0.25, -0.2) is 0 Å². The maximum atomic E-state index is 13.3. The highest BCUT2D eigenvalue weighted by Crippen LogP contribution is 2.36. The SMILES string of the molecule is CCCCn1c(N2CCOCC2)c(/C=C2\SC(=S)N(CCCOCC)C2=O)c(C)c(C#N)c1=O. The van der Waals surface area contributed by atoms with Gasteiger partial charge in [-0.2, -0.15) is 5.26 Å². The molecule has 1 amide bonds. The van der Waals surface area contributed by atoms with E-state index in [-0.39, 0.29) is 17.0 Å². The number of unbranched alkanes of at least 4 members (excludes halogenated alkanes) is 1. The van der Waals surface area contributed by atoms with Crippen LogP contribution in [-0.4, -0.2) is 65.8 Å². The summed E-state index contributed by atoms with van der Waals surface area (Å²) in [6, 6.07) is 2.10. The third-order valence-corrected chi connectivity index (χ3v) is 7.29. The van der Waals surface area contributed by atoms with Gasteiger partial charge in [0.2, 0.25) is 0 Å². The molecule has 2 saturated heterocycles. The van der Waals surface area contributed by atoms with Gasteiger partial charge in [0.25, 0.3) is 11.5 Å². The van der Waals surface area contributed by atoms with Crippen molar-refractivity contribution in [3.05, 3.63) is 31.9 Å². The Morgan fingerprint density at radius 3 is 2.59 bits per heavy atom. The monoisotopic (exact) mass is 504 g/mol. The molecule has 0 aliphatic carbocycles. The van der Waals surface area contributed by atoms with Crippen molar-refractivity contribution in [1.29, 1.82) is 5.26 Å². The van der Waals surface area contributed by atoms with E-state index in [1.807, 2.05) is 13.0 Å². The number of hydrogen-bond acceptors (Lipinski definition) is 8. The van der Waals surface area contributed by atoms with Crippen LogP contribution >= 0.6 is 24.0 Å². The Balaban J connectivity index is 2.08. The number of ether oxygens (including phenoxy) is 2. The number of pyridine rings is 1. The first-order chi connectivity index (χ1) is 16.4. The number of thioether (sulfide) groups is 1. The van der Waals surface area contributed by atoms with E-state index in [0.29, 0.717) is 73.8 Å². The minimum atomic E-state index is -0.282. The highest BCUT2D eigenvalue weighted by molar-refractivity contribution is 8.26. The van der Waals surface area contributed by atoms with Gasteiger partial charge in [-0.15, -0.1) is 0 Å². The summed E-state index contributed by atoms with van der Waals surface area (Å²) in [6.45, 7) is 10.4. The summed E-state index contributed by atoms with van der Waals surface area (Å²) in [5.41, 5.74) is 1.15. The number of thiocarbonyl (C=S) groups is 1. The highest BCUT2D eigenvalue weighted by Gasteiger charge is 2.33. The minimum Gasteiger partial charge on any atom is -0.382 e. The van der Waals surface area contributed by atoms with E-state index in [9.17, 15) is 14.9 Å². The molecule has 184 valence electrons. The van der Waals surface area contributed by atoms with Crippen molar-refractivity contribution in [3.63, 3.8) is 0 Å². The zero-order valence-electron chi connectivity index (χ0n) is 20.1. The third kappa shape index (κ3) is 5.71. The summed E-state index contributed by atoms with van der Waals surface area (Å²) in [5.74, 6) is 0.600. The van der Waals surface area contributed by atoms with Crippen LogP contribution in [0.3, 0.4) is 0 Å². The lowest BCUT2D eigenvalue weighted by molar-refractivity contribution is -0.122. The fourth-order valence-electron chi connectivity index (χ4n) is 4.08. The lowest BCUT2D eigenvalue weighted by Crippen LogP contribution is -2.41. The zero-order chi connectivity index (χ0) is 24.7. The molecule has 34 heavy (non-hydrogen) atoms. The summed E-state index contributed by atoms with van der Waals surface area (Å²) in [6.07, 6.45) is 4.24. The fourth-order valence-corrected chi connectivity index (χ4v) is 5.37. The first kappa shape index (κ1) is 26.4. The van der Waals surface area contributed by atoms with Crippen LogP contribution in [0.15, 0.2) is 9.70 Å². The topological polar surface area (TPSA) is 87.8 Å². The molecular weight excluding hydrogens is 472 g/mol.